The molecule has 0 aliphatic carbocycles. The lowest BCUT2D eigenvalue weighted by Gasteiger charge is -2.23. The second kappa shape index (κ2) is 11.8. The van der Waals surface area contributed by atoms with Crippen molar-refractivity contribution >= 4 is 44.8 Å². The number of benzene rings is 3. The third-order valence-electron chi connectivity index (χ3n) is 5.07. The van der Waals surface area contributed by atoms with E-state index in [1.54, 1.807) is 67.8 Å². The van der Waals surface area contributed by atoms with Crippen LogP contribution in [0.4, 0.5) is 11.4 Å². The summed E-state index contributed by atoms with van der Waals surface area (Å²) in [5.74, 6) is -0.767. The van der Waals surface area contributed by atoms with Crippen LogP contribution in [0.25, 0.3) is 0 Å². The van der Waals surface area contributed by atoms with Gasteiger partial charge in [0.15, 0.2) is 0 Å². The third kappa shape index (κ3) is 7.29. The van der Waals surface area contributed by atoms with E-state index in [1.807, 2.05) is 0 Å². The second-order valence-electron chi connectivity index (χ2n) is 7.69. The Labute approximate surface area is 209 Å². The molecule has 0 unspecified atom stereocenters. The van der Waals surface area contributed by atoms with E-state index < -0.39 is 15.9 Å². The van der Waals surface area contributed by atoms with Gasteiger partial charge in [-0.2, -0.15) is 0 Å². The lowest BCUT2D eigenvalue weighted by Crippen LogP contribution is -2.29. The standard InChI is InChI=1S/C25H26ClN3O5S/c1-34-16-15-27-25(31)22-5-3-4-6-23(22)28-24(30)19-9-13-21(14-10-19)29(35(2,32)33)17-18-7-11-20(26)12-8-18/h3-14H,15-17H2,1-2H3,(H,27,31)(H,28,30). The third-order valence-corrected chi connectivity index (χ3v) is 6.46. The highest BCUT2D eigenvalue weighted by atomic mass is 35.5. The second-order valence-corrected chi connectivity index (χ2v) is 10.0. The fraction of sp³-hybridized carbons (Fsp3) is 0.200. The van der Waals surface area contributed by atoms with E-state index in [1.165, 1.54) is 16.4 Å². The summed E-state index contributed by atoms with van der Waals surface area (Å²) in [6.07, 6.45) is 1.12. The number of carbonyl (C=O) groups is 2. The van der Waals surface area contributed by atoms with Gasteiger partial charge in [0, 0.05) is 24.2 Å². The van der Waals surface area contributed by atoms with Crippen molar-refractivity contribution < 1.29 is 22.7 Å². The lowest BCUT2D eigenvalue weighted by atomic mass is 10.1. The van der Waals surface area contributed by atoms with Gasteiger partial charge in [0.2, 0.25) is 10.0 Å². The van der Waals surface area contributed by atoms with Crippen LogP contribution >= 0.6 is 11.6 Å². The van der Waals surface area contributed by atoms with Crippen LogP contribution in [0, 0.1) is 0 Å². The lowest BCUT2D eigenvalue weighted by molar-refractivity contribution is 0.0938. The summed E-state index contributed by atoms with van der Waals surface area (Å²) in [4.78, 5) is 25.3. The number of ether oxygens (including phenoxy) is 1. The summed E-state index contributed by atoms with van der Waals surface area (Å²) in [5.41, 5.74) is 2.17. The van der Waals surface area contributed by atoms with E-state index in [9.17, 15) is 18.0 Å². The molecule has 3 aromatic rings. The molecule has 0 aromatic heterocycles. The van der Waals surface area contributed by atoms with E-state index in [0.717, 1.165) is 11.8 Å². The molecule has 35 heavy (non-hydrogen) atoms. The van der Waals surface area contributed by atoms with E-state index >= 15 is 0 Å². The average molecular weight is 516 g/mol. The molecular formula is C25H26ClN3O5S. The molecule has 0 saturated heterocycles. The Balaban J connectivity index is 1.76. The summed E-state index contributed by atoms with van der Waals surface area (Å²) in [5, 5.41) is 6.03. The Morgan fingerprint density at radius 2 is 1.60 bits per heavy atom. The van der Waals surface area contributed by atoms with Crippen LogP contribution in [0.5, 0.6) is 0 Å². The van der Waals surface area contributed by atoms with Gasteiger partial charge in [-0.15, -0.1) is 0 Å². The van der Waals surface area contributed by atoms with Crippen LogP contribution in [0.15, 0.2) is 72.8 Å². The maximum Gasteiger partial charge on any atom is 0.255 e. The van der Waals surface area contributed by atoms with Crippen molar-refractivity contribution in [2.24, 2.45) is 0 Å². The minimum absolute atomic E-state index is 0.118. The first kappa shape index (κ1) is 26.2. The van der Waals surface area contributed by atoms with Crippen LogP contribution in [-0.2, 0) is 21.3 Å². The molecule has 0 radical (unpaired) electrons. The van der Waals surface area contributed by atoms with Crippen LogP contribution in [-0.4, -0.2) is 46.7 Å². The molecule has 0 spiro atoms. The molecule has 0 atom stereocenters. The Morgan fingerprint density at radius 3 is 2.23 bits per heavy atom. The predicted octanol–water partition coefficient (Wildman–Crippen LogP) is 3.93. The number of nitrogens with zero attached hydrogens (tertiary/aromatic N) is 1. The van der Waals surface area contributed by atoms with Crippen LogP contribution in [0.3, 0.4) is 0 Å². The zero-order valence-electron chi connectivity index (χ0n) is 19.3. The maximum absolute atomic E-state index is 12.8. The van der Waals surface area contributed by atoms with Gasteiger partial charge in [0.05, 0.1) is 36.3 Å². The number of hydrogen-bond acceptors (Lipinski definition) is 5. The van der Waals surface area contributed by atoms with Crippen LogP contribution in [0.2, 0.25) is 5.02 Å². The fourth-order valence-electron chi connectivity index (χ4n) is 3.28. The minimum atomic E-state index is -3.59. The molecule has 10 heteroatoms. The van der Waals surface area contributed by atoms with Crippen molar-refractivity contribution in [1.82, 2.24) is 5.32 Å². The highest BCUT2D eigenvalue weighted by molar-refractivity contribution is 7.92. The molecule has 0 aliphatic rings. The van der Waals surface area contributed by atoms with Crippen molar-refractivity contribution in [2.75, 3.05) is 36.1 Å². The number of carbonyl (C=O) groups excluding carboxylic acids is 2. The topological polar surface area (TPSA) is 105 Å². The molecule has 0 fully saturated rings. The van der Waals surface area contributed by atoms with Gasteiger partial charge in [0.1, 0.15) is 0 Å². The molecule has 2 amide bonds. The van der Waals surface area contributed by atoms with Gasteiger partial charge in [-0.3, -0.25) is 13.9 Å². The van der Waals surface area contributed by atoms with E-state index in [4.69, 9.17) is 16.3 Å². The molecule has 0 bridgehead atoms. The van der Waals surface area contributed by atoms with Crippen LogP contribution in [0.1, 0.15) is 26.3 Å². The monoisotopic (exact) mass is 515 g/mol. The summed E-state index contributed by atoms with van der Waals surface area (Å²) < 4.78 is 31.1. The zero-order valence-corrected chi connectivity index (χ0v) is 20.9. The minimum Gasteiger partial charge on any atom is -0.383 e. The number of rotatable bonds is 10. The van der Waals surface area contributed by atoms with E-state index in [-0.39, 0.29) is 12.5 Å². The van der Waals surface area contributed by atoms with E-state index in [2.05, 4.69) is 10.6 Å². The largest absolute Gasteiger partial charge is 0.383 e. The Bertz CT molecular complexity index is 1280. The summed E-state index contributed by atoms with van der Waals surface area (Å²) in [6, 6.07) is 19.8. The molecule has 0 aliphatic heterocycles. The predicted molar refractivity (Wildman–Crippen MR) is 138 cm³/mol. The van der Waals surface area contributed by atoms with Gasteiger partial charge >= 0.3 is 0 Å². The Kier molecular flexibility index (Phi) is 8.86. The molecular weight excluding hydrogens is 490 g/mol. The first-order valence-electron chi connectivity index (χ1n) is 10.7. The molecule has 184 valence electrons. The summed E-state index contributed by atoms with van der Waals surface area (Å²) in [6.45, 7) is 0.828. The number of halogens is 1. The number of sulfonamides is 1. The van der Waals surface area contributed by atoms with Gasteiger partial charge < -0.3 is 15.4 Å². The maximum atomic E-state index is 12.8. The first-order valence-corrected chi connectivity index (χ1v) is 12.9. The number of anilines is 2. The van der Waals surface area contributed by atoms with Crippen LogP contribution < -0.4 is 14.9 Å². The Hall–Kier alpha value is -3.40. The molecule has 3 aromatic carbocycles. The summed E-state index contributed by atoms with van der Waals surface area (Å²) in [7, 11) is -2.05. The van der Waals surface area contributed by atoms with Crippen molar-refractivity contribution in [3.63, 3.8) is 0 Å². The van der Waals surface area contributed by atoms with Gasteiger partial charge in [-0.1, -0.05) is 35.9 Å². The highest BCUT2D eigenvalue weighted by Gasteiger charge is 2.19. The number of para-hydroxylation sites is 1. The number of amides is 2. The smallest absolute Gasteiger partial charge is 0.255 e. The number of methoxy groups -OCH3 is 1. The molecule has 8 nitrogen and oxygen atoms in total. The first-order chi connectivity index (χ1) is 16.7. The molecule has 2 N–H and O–H groups in total. The van der Waals surface area contributed by atoms with Gasteiger partial charge in [-0.05, 0) is 54.1 Å². The van der Waals surface area contributed by atoms with Gasteiger partial charge in [0.25, 0.3) is 11.8 Å². The summed E-state index contributed by atoms with van der Waals surface area (Å²) >= 11 is 5.92. The number of nitrogens with one attached hydrogen (secondary N) is 2. The van der Waals surface area contributed by atoms with Crippen molar-refractivity contribution in [1.29, 1.82) is 0 Å². The highest BCUT2D eigenvalue weighted by Crippen LogP contribution is 2.23. The Morgan fingerprint density at radius 1 is 0.943 bits per heavy atom. The average Bonchev–Trinajstić information content (AvgIpc) is 2.83. The normalized spacial score (nSPS) is 11.1. The van der Waals surface area contributed by atoms with E-state index in [0.29, 0.717) is 40.7 Å². The SMILES string of the molecule is COCCNC(=O)c1ccccc1NC(=O)c1ccc(N(Cc2ccc(Cl)cc2)S(C)(=O)=O)cc1. The molecule has 0 saturated carbocycles. The fourth-order valence-corrected chi connectivity index (χ4v) is 4.30. The zero-order chi connectivity index (χ0) is 25.4. The van der Waals surface area contributed by atoms with Crippen molar-refractivity contribution in [3.8, 4) is 0 Å². The molecule has 0 heterocycles. The van der Waals surface area contributed by atoms with Crippen molar-refractivity contribution in [2.45, 2.75) is 6.54 Å². The number of hydrogen-bond donors (Lipinski definition) is 2. The van der Waals surface area contributed by atoms with Crippen molar-refractivity contribution in [3.05, 3.63) is 94.5 Å². The van der Waals surface area contributed by atoms with Gasteiger partial charge in [-0.25, -0.2) is 8.42 Å². The molecule has 3 rings (SSSR count). The quantitative estimate of drug-likeness (QED) is 0.398.